The van der Waals surface area contributed by atoms with Crippen molar-refractivity contribution < 1.29 is 4.58 Å². The Hall–Kier alpha value is -1.39. The Bertz CT molecular complexity index is 922. The second-order valence-electron chi connectivity index (χ2n) is 7.44. The minimum absolute atomic E-state index is 0.0298. The first kappa shape index (κ1) is 20.3. The maximum absolute atomic E-state index is 3.76. The number of fused-ring (bicyclic) bond motifs is 1. The first-order chi connectivity index (χ1) is 12.8. The molecule has 0 aliphatic carbocycles. The van der Waals surface area contributed by atoms with Crippen LogP contribution in [0.15, 0.2) is 51.4 Å². The summed E-state index contributed by atoms with van der Waals surface area (Å²) in [7, 11) is 2.15. The van der Waals surface area contributed by atoms with Crippen molar-refractivity contribution in [2.75, 3.05) is 25.0 Å². The normalized spacial score (nSPS) is 15.5. The van der Waals surface area contributed by atoms with Gasteiger partial charge in [-0.3, -0.25) is 0 Å². The second-order valence-corrected chi connectivity index (χ2v) is 9.21. The average molecular weight is 491 g/mol. The zero-order valence-corrected chi connectivity index (χ0v) is 19.9. The summed E-state index contributed by atoms with van der Waals surface area (Å²) in [5, 5.41) is 0. The fourth-order valence-electron chi connectivity index (χ4n) is 3.91. The highest BCUT2D eigenvalue weighted by atomic mass is 79.9. The second kappa shape index (κ2) is 7.92. The van der Waals surface area contributed by atoms with Crippen molar-refractivity contribution in [1.29, 1.82) is 0 Å². The van der Waals surface area contributed by atoms with E-state index in [1.165, 1.54) is 28.2 Å². The fourth-order valence-corrected chi connectivity index (χ4v) is 4.77. The molecule has 1 aliphatic heterocycles. The van der Waals surface area contributed by atoms with E-state index in [9.17, 15) is 0 Å². The zero-order valence-electron chi connectivity index (χ0n) is 16.7. The van der Waals surface area contributed by atoms with Crippen LogP contribution in [0.4, 0.5) is 11.4 Å². The third kappa shape index (κ3) is 3.79. The van der Waals surface area contributed by atoms with Crippen LogP contribution in [0.1, 0.15) is 38.8 Å². The minimum atomic E-state index is -0.0298. The van der Waals surface area contributed by atoms with E-state index in [2.05, 4.69) is 125 Å². The molecule has 0 spiro atoms. The van der Waals surface area contributed by atoms with E-state index in [4.69, 9.17) is 0 Å². The molecule has 0 radical (unpaired) electrons. The monoisotopic (exact) mass is 489 g/mol. The van der Waals surface area contributed by atoms with E-state index in [-0.39, 0.29) is 5.41 Å². The third-order valence-electron chi connectivity index (χ3n) is 5.53. The van der Waals surface area contributed by atoms with Gasteiger partial charge in [0.2, 0.25) is 5.69 Å². The van der Waals surface area contributed by atoms with Crippen molar-refractivity contribution in [2.45, 2.75) is 33.1 Å². The summed E-state index contributed by atoms with van der Waals surface area (Å²) in [5.41, 5.74) is 6.36. The van der Waals surface area contributed by atoms with Crippen LogP contribution in [0.25, 0.3) is 6.08 Å². The van der Waals surface area contributed by atoms with Crippen molar-refractivity contribution >= 4 is 55.0 Å². The van der Waals surface area contributed by atoms with E-state index in [0.29, 0.717) is 0 Å². The van der Waals surface area contributed by atoms with Crippen molar-refractivity contribution in [3.8, 4) is 0 Å². The molecule has 142 valence electrons. The predicted molar refractivity (Wildman–Crippen MR) is 125 cm³/mol. The first-order valence-corrected chi connectivity index (χ1v) is 11.0. The Morgan fingerprint density at radius 3 is 2.33 bits per heavy atom. The highest BCUT2D eigenvalue weighted by Gasteiger charge is 2.42. The number of halogens is 2. The molecule has 27 heavy (non-hydrogen) atoms. The summed E-state index contributed by atoms with van der Waals surface area (Å²) < 4.78 is 4.56. The molecule has 3 rings (SSSR count). The quantitative estimate of drug-likeness (QED) is 0.418. The van der Waals surface area contributed by atoms with Gasteiger partial charge in [0.1, 0.15) is 7.05 Å². The van der Waals surface area contributed by atoms with Gasteiger partial charge in [-0.25, -0.2) is 0 Å². The summed E-state index contributed by atoms with van der Waals surface area (Å²) in [6.45, 7) is 11.0. The largest absolute Gasteiger partial charge is 0.372 e. The molecule has 0 amide bonds. The van der Waals surface area contributed by atoms with Crippen molar-refractivity contribution in [2.24, 2.45) is 0 Å². The molecule has 1 heterocycles. The molecule has 0 saturated heterocycles. The molecule has 1 aliphatic rings. The van der Waals surface area contributed by atoms with Gasteiger partial charge >= 0.3 is 0 Å². The van der Waals surface area contributed by atoms with Crippen LogP contribution in [0, 0.1) is 0 Å². The Labute approximate surface area is 179 Å². The van der Waals surface area contributed by atoms with E-state index in [0.717, 1.165) is 22.0 Å². The van der Waals surface area contributed by atoms with Gasteiger partial charge in [-0.1, -0.05) is 37.9 Å². The van der Waals surface area contributed by atoms with Gasteiger partial charge in [0.25, 0.3) is 0 Å². The lowest BCUT2D eigenvalue weighted by molar-refractivity contribution is -0.401. The zero-order chi connectivity index (χ0) is 19.8. The van der Waals surface area contributed by atoms with Crippen LogP contribution in [0.2, 0.25) is 0 Å². The molecule has 4 heteroatoms. The van der Waals surface area contributed by atoms with E-state index < -0.39 is 0 Å². The molecule has 2 nitrogen and oxygen atoms in total. The van der Waals surface area contributed by atoms with Gasteiger partial charge < -0.3 is 4.90 Å². The molecule has 0 saturated carbocycles. The molecule has 2 aromatic rings. The van der Waals surface area contributed by atoms with E-state index >= 15 is 0 Å². The maximum atomic E-state index is 3.76. The number of rotatable bonds is 5. The van der Waals surface area contributed by atoms with Gasteiger partial charge in [0.15, 0.2) is 5.71 Å². The molecule has 0 aromatic heterocycles. The number of hydrogen-bond acceptors (Lipinski definition) is 1. The number of allylic oxidation sites excluding steroid dienone is 1. The third-order valence-corrected chi connectivity index (χ3v) is 6.71. The van der Waals surface area contributed by atoms with Crippen LogP contribution in [-0.4, -0.2) is 30.4 Å². The number of nitrogens with zero attached hydrogens (tertiary/aromatic N) is 2. The van der Waals surface area contributed by atoms with Gasteiger partial charge in [-0.15, -0.1) is 0 Å². The molecule has 0 N–H and O–H groups in total. The van der Waals surface area contributed by atoms with Crippen LogP contribution < -0.4 is 4.90 Å². The SMILES string of the molecule is CCN(CC)c1ccc(/C=C/C2=[N+](C)c3ccc(Br)cc3C2(C)C)c(Br)c1. The molecule has 0 fully saturated rings. The summed E-state index contributed by atoms with van der Waals surface area (Å²) in [5.74, 6) is 0. The van der Waals surface area contributed by atoms with E-state index in [1.54, 1.807) is 0 Å². The highest BCUT2D eigenvalue weighted by Crippen LogP contribution is 2.41. The topological polar surface area (TPSA) is 6.25 Å². The Morgan fingerprint density at radius 2 is 1.70 bits per heavy atom. The minimum Gasteiger partial charge on any atom is -0.372 e. The van der Waals surface area contributed by atoms with Crippen molar-refractivity contribution in [3.05, 3.63) is 62.5 Å². The van der Waals surface area contributed by atoms with Crippen LogP contribution in [-0.2, 0) is 5.41 Å². The smallest absolute Gasteiger partial charge is 0.209 e. The van der Waals surface area contributed by atoms with Gasteiger partial charge in [-0.2, -0.15) is 4.58 Å². The molecular weight excluding hydrogens is 464 g/mol. The van der Waals surface area contributed by atoms with Crippen LogP contribution in [0.3, 0.4) is 0 Å². The van der Waals surface area contributed by atoms with E-state index in [1.807, 2.05) is 0 Å². The van der Waals surface area contributed by atoms with Crippen LogP contribution in [0.5, 0.6) is 0 Å². The molecular formula is C23H27Br2N2+. The fraction of sp³-hybridized carbons (Fsp3) is 0.348. The maximum Gasteiger partial charge on any atom is 0.209 e. The summed E-state index contributed by atoms with van der Waals surface area (Å²) >= 11 is 7.37. The standard InChI is InChI=1S/C23H27Br2N2/c1-6-27(7-2)18-11-8-16(20(25)15-18)9-13-22-23(3,4)19-14-17(24)10-12-21(19)26(22)5/h8-15H,6-7H2,1-5H3/q+1. The van der Waals surface area contributed by atoms with Gasteiger partial charge in [0, 0.05) is 45.4 Å². The summed E-state index contributed by atoms with van der Waals surface area (Å²) in [6, 6.07) is 13.2. The first-order valence-electron chi connectivity index (χ1n) is 9.43. The Kier molecular flexibility index (Phi) is 5.97. The number of anilines is 1. The Balaban J connectivity index is 1.94. The summed E-state index contributed by atoms with van der Waals surface area (Å²) in [4.78, 5) is 2.36. The predicted octanol–water partition coefficient (Wildman–Crippen LogP) is 6.78. The van der Waals surface area contributed by atoms with Gasteiger partial charge in [-0.05, 0) is 63.6 Å². The lowest BCUT2D eigenvalue weighted by atomic mass is 9.81. The summed E-state index contributed by atoms with van der Waals surface area (Å²) in [6.07, 6.45) is 4.47. The lowest BCUT2D eigenvalue weighted by Gasteiger charge is -2.21. The van der Waals surface area contributed by atoms with Crippen LogP contribution >= 0.6 is 31.9 Å². The molecule has 0 unspecified atom stereocenters. The van der Waals surface area contributed by atoms with Gasteiger partial charge in [0.05, 0.1) is 5.41 Å². The molecule has 0 atom stereocenters. The average Bonchev–Trinajstić information content (AvgIpc) is 2.81. The number of hydrogen-bond donors (Lipinski definition) is 0. The molecule has 0 bridgehead atoms. The lowest BCUT2D eigenvalue weighted by Crippen LogP contribution is -2.26. The molecule has 2 aromatic carbocycles. The van der Waals surface area contributed by atoms with Crippen molar-refractivity contribution in [3.63, 3.8) is 0 Å². The highest BCUT2D eigenvalue weighted by molar-refractivity contribution is 9.10. The number of benzene rings is 2. The Morgan fingerprint density at radius 1 is 1.00 bits per heavy atom. The van der Waals surface area contributed by atoms with Crippen molar-refractivity contribution in [1.82, 2.24) is 0 Å².